The second-order valence-electron chi connectivity index (χ2n) is 4.39. The van der Waals surface area contributed by atoms with E-state index < -0.39 is 0 Å². The summed E-state index contributed by atoms with van der Waals surface area (Å²) in [5, 5.41) is 5.67. The van der Waals surface area contributed by atoms with E-state index in [1.807, 2.05) is 49.4 Å². The first-order valence-electron chi connectivity index (χ1n) is 6.10. The highest BCUT2D eigenvalue weighted by Gasteiger charge is 2.04. The van der Waals surface area contributed by atoms with Gasteiger partial charge in [-0.2, -0.15) is 0 Å². The van der Waals surface area contributed by atoms with Crippen LogP contribution in [0, 0.1) is 6.92 Å². The molecule has 0 unspecified atom stereocenters. The van der Waals surface area contributed by atoms with Crippen LogP contribution in [0.1, 0.15) is 11.1 Å². The van der Waals surface area contributed by atoms with Gasteiger partial charge in [0, 0.05) is 21.2 Å². The van der Waals surface area contributed by atoms with Gasteiger partial charge in [-0.1, -0.05) is 44.0 Å². The molecule has 0 aliphatic rings. The fraction of sp³-hybridized carbons (Fsp3) is 0.133. The summed E-state index contributed by atoms with van der Waals surface area (Å²) in [4.78, 5) is 11.8. The fourth-order valence-corrected chi connectivity index (χ4v) is 2.46. The molecule has 2 amide bonds. The maximum Gasteiger partial charge on any atom is 0.319 e. The summed E-state index contributed by atoms with van der Waals surface area (Å²) in [5.41, 5.74) is 2.87. The van der Waals surface area contributed by atoms with Crippen LogP contribution in [0.3, 0.4) is 0 Å². The number of nitrogens with one attached hydrogen (secondary N) is 2. The van der Waals surface area contributed by atoms with E-state index in [4.69, 9.17) is 0 Å². The Morgan fingerprint density at radius 1 is 1.05 bits per heavy atom. The molecule has 2 aromatic carbocycles. The number of hydrogen-bond donors (Lipinski definition) is 2. The Bertz CT molecular complexity index is 612. The molecule has 2 N–H and O–H groups in total. The third-order valence-corrected chi connectivity index (χ3v) is 3.82. The number of carbonyl (C=O) groups is 1. The molecule has 0 aromatic heterocycles. The average molecular weight is 398 g/mol. The molecule has 3 nitrogen and oxygen atoms in total. The maximum atomic E-state index is 11.8. The zero-order chi connectivity index (χ0) is 14.5. The van der Waals surface area contributed by atoms with Gasteiger partial charge in [0.1, 0.15) is 0 Å². The summed E-state index contributed by atoms with van der Waals surface area (Å²) in [7, 11) is 0. The lowest BCUT2D eigenvalue weighted by Crippen LogP contribution is -2.28. The molecule has 2 aromatic rings. The molecular weight excluding hydrogens is 384 g/mol. The van der Waals surface area contributed by atoms with Crippen LogP contribution in [0.15, 0.2) is 51.4 Å². The number of anilines is 1. The van der Waals surface area contributed by atoms with Crippen molar-refractivity contribution in [2.45, 2.75) is 13.5 Å². The van der Waals surface area contributed by atoms with E-state index in [9.17, 15) is 4.79 Å². The molecule has 0 aliphatic carbocycles. The van der Waals surface area contributed by atoms with Crippen molar-refractivity contribution in [3.05, 3.63) is 62.5 Å². The molecule has 5 heteroatoms. The Morgan fingerprint density at radius 2 is 1.70 bits per heavy atom. The van der Waals surface area contributed by atoms with Crippen LogP contribution >= 0.6 is 31.9 Å². The Hall–Kier alpha value is -1.33. The highest BCUT2D eigenvalue weighted by molar-refractivity contribution is 9.10. The first kappa shape index (κ1) is 15.1. The molecular formula is C15H14Br2N2O. The van der Waals surface area contributed by atoms with E-state index in [2.05, 4.69) is 42.5 Å². The van der Waals surface area contributed by atoms with Gasteiger partial charge in [-0.25, -0.2) is 4.79 Å². The quantitative estimate of drug-likeness (QED) is 0.764. The second-order valence-corrected chi connectivity index (χ2v) is 6.22. The molecule has 0 saturated carbocycles. The van der Waals surface area contributed by atoms with Crippen LogP contribution in [0.25, 0.3) is 0 Å². The van der Waals surface area contributed by atoms with Gasteiger partial charge in [0.15, 0.2) is 0 Å². The topological polar surface area (TPSA) is 41.1 Å². The normalized spacial score (nSPS) is 10.2. The SMILES string of the molecule is Cc1cc(Br)ccc1NC(=O)NCc1ccc(Br)cc1. The molecule has 0 radical (unpaired) electrons. The van der Waals surface area contributed by atoms with Crippen molar-refractivity contribution in [3.8, 4) is 0 Å². The minimum absolute atomic E-state index is 0.210. The maximum absolute atomic E-state index is 11.8. The van der Waals surface area contributed by atoms with Gasteiger partial charge < -0.3 is 10.6 Å². The Morgan fingerprint density at radius 3 is 2.35 bits per heavy atom. The zero-order valence-electron chi connectivity index (χ0n) is 10.9. The van der Waals surface area contributed by atoms with Crippen molar-refractivity contribution in [1.82, 2.24) is 5.32 Å². The van der Waals surface area contributed by atoms with Crippen LogP contribution in [0.5, 0.6) is 0 Å². The summed E-state index contributed by atoms with van der Waals surface area (Å²) < 4.78 is 2.02. The van der Waals surface area contributed by atoms with Crippen LogP contribution in [-0.4, -0.2) is 6.03 Å². The van der Waals surface area contributed by atoms with Crippen molar-refractivity contribution in [3.63, 3.8) is 0 Å². The first-order valence-corrected chi connectivity index (χ1v) is 7.68. The van der Waals surface area contributed by atoms with Crippen LogP contribution < -0.4 is 10.6 Å². The van der Waals surface area contributed by atoms with Crippen molar-refractivity contribution in [2.75, 3.05) is 5.32 Å². The van der Waals surface area contributed by atoms with E-state index in [1.54, 1.807) is 0 Å². The summed E-state index contributed by atoms with van der Waals surface area (Å²) in [6.45, 7) is 2.45. The summed E-state index contributed by atoms with van der Waals surface area (Å²) in [6, 6.07) is 13.4. The molecule has 20 heavy (non-hydrogen) atoms. The number of halogens is 2. The lowest BCUT2D eigenvalue weighted by molar-refractivity contribution is 0.251. The molecule has 0 saturated heterocycles. The lowest BCUT2D eigenvalue weighted by Gasteiger charge is -2.10. The predicted molar refractivity (Wildman–Crippen MR) is 88.9 cm³/mol. The Kier molecular flexibility index (Phi) is 5.20. The molecule has 0 spiro atoms. The molecule has 104 valence electrons. The van der Waals surface area contributed by atoms with Gasteiger partial charge in [0.25, 0.3) is 0 Å². The van der Waals surface area contributed by atoms with E-state index in [1.165, 1.54) is 0 Å². The lowest BCUT2D eigenvalue weighted by atomic mass is 10.2. The molecule has 0 atom stereocenters. The number of aryl methyl sites for hydroxylation is 1. The third kappa shape index (κ3) is 4.35. The smallest absolute Gasteiger partial charge is 0.319 e. The minimum atomic E-state index is -0.210. The Balaban J connectivity index is 1.90. The van der Waals surface area contributed by atoms with Gasteiger partial charge in [-0.05, 0) is 48.4 Å². The second kappa shape index (κ2) is 6.90. The number of rotatable bonds is 3. The summed E-state index contributed by atoms with van der Waals surface area (Å²) >= 11 is 6.78. The molecule has 2 rings (SSSR count). The van der Waals surface area contributed by atoms with Gasteiger partial charge in [-0.3, -0.25) is 0 Å². The average Bonchev–Trinajstić information content (AvgIpc) is 2.41. The highest BCUT2D eigenvalue weighted by Crippen LogP contribution is 2.19. The molecule has 0 fully saturated rings. The van der Waals surface area contributed by atoms with Gasteiger partial charge in [0.05, 0.1) is 0 Å². The van der Waals surface area contributed by atoms with Gasteiger partial charge >= 0.3 is 6.03 Å². The first-order chi connectivity index (χ1) is 9.54. The largest absolute Gasteiger partial charge is 0.334 e. The molecule has 0 aliphatic heterocycles. The number of hydrogen-bond acceptors (Lipinski definition) is 1. The minimum Gasteiger partial charge on any atom is -0.334 e. The Labute approximate surface area is 135 Å². The van der Waals surface area contributed by atoms with E-state index >= 15 is 0 Å². The summed E-state index contributed by atoms with van der Waals surface area (Å²) in [5.74, 6) is 0. The zero-order valence-corrected chi connectivity index (χ0v) is 14.1. The van der Waals surface area contributed by atoms with E-state index in [0.29, 0.717) is 6.54 Å². The number of carbonyl (C=O) groups excluding carboxylic acids is 1. The highest BCUT2D eigenvalue weighted by atomic mass is 79.9. The standard InChI is InChI=1S/C15H14Br2N2O/c1-10-8-13(17)6-7-14(10)19-15(20)18-9-11-2-4-12(16)5-3-11/h2-8H,9H2,1H3,(H2,18,19,20). The number of amides is 2. The van der Waals surface area contributed by atoms with Crippen molar-refractivity contribution >= 4 is 43.6 Å². The number of benzene rings is 2. The fourth-order valence-electron chi connectivity index (χ4n) is 1.72. The van der Waals surface area contributed by atoms with E-state index in [-0.39, 0.29) is 6.03 Å². The van der Waals surface area contributed by atoms with Crippen LogP contribution in [0.4, 0.5) is 10.5 Å². The van der Waals surface area contributed by atoms with Crippen LogP contribution in [-0.2, 0) is 6.54 Å². The van der Waals surface area contributed by atoms with Crippen molar-refractivity contribution < 1.29 is 4.79 Å². The number of urea groups is 1. The van der Waals surface area contributed by atoms with E-state index in [0.717, 1.165) is 25.8 Å². The van der Waals surface area contributed by atoms with Gasteiger partial charge in [0.2, 0.25) is 0 Å². The molecule has 0 bridgehead atoms. The molecule has 0 heterocycles. The van der Waals surface area contributed by atoms with Crippen molar-refractivity contribution in [1.29, 1.82) is 0 Å². The van der Waals surface area contributed by atoms with Gasteiger partial charge in [-0.15, -0.1) is 0 Å². The van der Waals surface area contributed by atoms with Crippen LogP contribution in [0.2, 0.25) is 0 Å². The predicted octanol–water partition coefficient (Wildman–Crippen LogP) is 4.84. The third-order valence-electron chi connectivity index (χ3n) is 2.80. The summed E-state index contributed by atoms with van der Waals surface area (Å²) in [6.07, 6.45) is 0. The monoisotopic (exact) mass is 396 g/mol. The van der Waals surface area contributed by atoms with Crippen molar-refractivity contribution in [2.24, 2.45) is 0 Å².